The van der Waals surface area contributed by atoms with E-state index in [0.29, 0.717) is 17.2 Å². The number of nitrogens with zero attached hydrogens (tertiary/aromatic N) is 1. The summed E-state index contributed by atoms with van der Waals surface area (Å²) in [6.45, 7) is 4.99. The minimum atomic E-state index is 0.139. The predicted octanol–water partition coefficient (Wildman–Crippen LogP) is 4.05. The van der Waals surface area contributed by atoms with Crippen molar-refractivity contribution in [3.05, 3.63) is 0 Å². The van der Waals surface area contributed by atoms with Gasteiger partial charge >= 0.3 is 0 Å². The van der Waals surface area contributed by atoms with Crippen LogP contribution in [-0.2, 0) is 4.74 Å². The highest BCUT2D eigenvalue weighted by Gasteiger charge is 2.36. The third-order valence-electron chi connectivity index (χ3n) is 5.94. The average Bonchev–Trinajstić information content (AvgIpc) is 3.06. The second-order valence-corrected chi connectivity index (χ2v) is 9.61. The normalized spacial score (nSPS) is 39.9. The molecule has 3 fully saturated rings. The highest BCUT2D eigenvalue weighted by molar-refractivity contribution is 6.24. The Hall–Kier alpha value is 0.750. The van der Waals surface area contributed by atoms with Gasteiger partial charge in [-0.25, -0.2) is 0 Å². The molecule has 0 bridgehead atoms. The van der Waals surface area contributed by atoms with E-state index in [9.17, 15) is 0 Å². The van der Waals surface area contributed by atoms with Gasteiger partial charge in [-0.15, -0.1) is 34.8 Å². The molecule has 3 rings (SSSR count). The Kier molecular flexibility index (Phi) is 7.82. The van der Waals surface area contributed by atoms with Gasteiger partial charge in [-0.05, 0) is 50.9 Å². The summed E-state index contributed by atoms with van der Waals surface area (Å²) in [6, 6.07) is 0. The molecule has 2 aliphatic carbocycles. The van der Waals surface area contributed by atoms with Gasteiger partial charge in [-0.1, -0.05) is 0 Å². The largest absolute Gasteiger partial charge is 0.376 e. The summed E-state index contributed by atoms with van der Waals surface area (Å²) in [5.74, 6) is 1.09. The van der Waals surface area contributed by atoms with Crippen LogP contribution in [0.1, 0.15) is 44.9 Å². The van der Waals surface area contributed by atoms with E-state index in [0.717, 1.165) is 65.0 Å². The highest BCUT2D eigenvalue weighted by atomic mass is 35.5. The monoisotopic (exact) mass is 396 g/mol. The zero-order chi connectivity index (χ0) is 16.9. The van der Waals surface area contributed by atoms with Gasteiger partial charge in [0, 0.05) is 55.0 Å². The minimum absolute atomic E-state index is 0.139. The molecule has 0 spiro atoms. The Morgan fingerprint density at radius 1 is 1.00 bits per heavy atom. The fourth-order valence-corrected chi connectivity index (χ4v) is 5.50. The first-order valence-electron chi connectivity index (χ1n) is 9.58. The molecule has 6 heteroatoms. The Bertz CT molecular complexity index is 373. The van der Waals surface area contributed by atoms with Gasteiger partial charge in [-0.2, -0.15) is 0 Å². The molecule has 0 aromatic rings. The molecule has 2 saturated carbocycles. The van der Waals surface area contributed by atoms with E-state index in [-0.39, 0.29) is 16.9 Å². The van der Waals surface area contributed by atoms with Crippen molar-refractivity contribution in [2.24, 2.45) is 11.8 Å². The highest BCUT2D eigenvalue weighted by Crippen LogP contribution is 2.36. The summed E-state index contributed by atoms with van der Waals surface area (Å²) >= 11 is 19.2. The predicted molar refractivity (Wildman–Crippen MR) is 102 cm³/mol. The van der Waals surface area contributed by atoms with Crippen LogP contribution in [0.2, 0.25) is 0 Å². The maximum absolute atomic E-state index is 6.68. The Labute approximate surface area is 161 Å². The van der Waals surface area contributed by atoms with Crippen molar-refractivity contribution in [2.45, 2.75) is 67.2 Å². The van der Waals surface area contributed by atoms with E-state index in [1.54, 1.807) is 0 Å². The van der Waals surface area contributed by atoms with Gasteiger partial charge in [-0.3, -0.25) is 4.90 Å². The summed E-state index contributed by atoms with van der Waals surface area (Å²) < 4.78 is 6.48. The number of alkyl halides is 3. The van der Waals surface area contributed by atoms with Crippen molar-refractivity contribution in [1.82, 2.24) is 10.2 Å². The number of halogens is 3. The molecule has 140 valence electrons. The van der Waals surface area contributed by atoms with Crippen LogP contribution >= 0.6 is 34.8 Å². The molecule has 24 heavy (non-hydrogen) atoms. The minimum Gasteiger partial charge on any atom is -0.376 e. The Morgan fingerprint density at radius 2 is 1.75 bits per heavy atom. The smallest absolute Gasteiger partial charge is 0.0744 e. The summed E-state index contributed by atoms with van der Waals surface area (Å²) in [7, 11) is 0. The van der Waals surface area contributed by atoms with Gasteiger partial charge in [0.25, 0.3) is 0 Å². The molecule has 1 heterocycles. The number of hydrogen-bond donors (Lipinski definition) is 1. The van der Waals surface area contributed by atoms with E-state index in [4.69, 9.17) is 39.5 Å². The van der Waals surface area contributed by atoms with Gasteiger partial charge in [0.1, 0.15) is 0 Å². The molecule has 0 aromatic carbocycles. The first-order valence-corrected chi connectivity index (χ1v) is 10.9. The third-order valence-corrected chi connectivity index (χ3v) is 7.27. The molecule has 3 unspecified atom stereocenters. The summed E-state index contributed by atoms with van der Waals surface area (Å²) in [5.41, 5.74) is 0. The lowest BCUT2D eigenvalue weighted by atomic mass is 9.84. The van der Waals surface area contributed by atoms with E-state index in [1.165, 1.54) is 12.8 Å². The second kappa shape index (κ2) is 9.62. The molecule has 1 N–H and O–H groups in total. The van der Waals surface area contributed by atoms with Crippen molar-refractivity contribution in [2.75, 3.05) is 32.9 Å². The summed E-state index contributed by atoms with van der Waals surface area (Å²) in [4.78, 5) is 2.46. The molecule has 3 nitrogen and oxygen atoms in total. The van der Waals surface area contributed by atoms with Gasteiger partial charge in [0.05, 0.1) is 6.10 Å². The zero-order valence-electron chi connectivity index (χ0n) is 14.4. The lowest BCUT2D eigenvalue weighted by Crippen LogP contribution is -2.44. The quantitative estimate of drug-likeness (QED) is 0.684. The molecule has 0 amide bonds. The van der Waals surface area contributed by atoms with Crippen LogP contribution in [0.25, 0.3) is 0 Å². The van der Waals surface area contributed by atoms with Crippen LogP contribution in [0.3, 0.4) is 0 Å². The van der Waals surface area contributed by atoms with Gasteiger partial charge in [0.15, 0.2) is 0 Å². The van der Waals surface area contributed by atoms with Crippen molar-refractivity contribution < 1.29 is 4.74 Å². The average molecular weight is 398 g/mol. The molecule has 3 aliphatic rings. The number of ether oxygens (including phenoxy) is 1. The lowest BCUT2D eigenvalue weighted by molar-refractivity contribution is -0.0351. The van der Waals surface area contributed by atoms with Crippen LogP contribution in [0.5, 0.6) is 0 Å². The van der Waals surface area contributed by atoms with Crippen molar-refractivity contribution in [3.8, 4) is 0 Å². The fraction of sp³-hybridized carbons (Fsp3) is 1.00. The van der Waals surface area contributed by atoms with Gasteiger partial charge < -0.3 is 10.1 Å². The third kappa shape index (κ3) is 5.62. The summed E-state index contributed by atoms with van der Waals surface area (Å²) in [5, 5.41) is 4.16. The topological polar surface area (TPSA) is 24.5 Å². The first-order chi connectivity index (χ1) is 11.6. The van der Waals surface area contributed by atoms with Crippen molar-refractivity contribution in [1.29, 1.82) is 0 Å². The van der Waals surface area contributed by atoms with E-state index >= 15 is 0 Å². The van der Waals surface area contributed by atoms with E-state index in [1.807, 2.05) is 0 Å². The molecular formula is C18H31Cl3N2O. The van der Waals surface area contributed by atoms with E-state index in [2.05, 4.69) is 10.2 Å². The Morgan fingerprint density at radius 3 is 2.42 bits per heavy atom. The van der Waals surface area contributed by atoms with Crippen LogP contribution in [0, 0.1) is 11.8 Å². The van der Waals surface area contributed by atoms with Crippen molar-refractivity contribution >= 4 is 34.8 Å². The zero-order valence-corrected chi connectivity index (χ0v) is 16.7. The second-order valence-electron chi connectivity index (χ2n) is 7.82. The number of rotatable bonds is 6. The fourth-order valence-electron chi connectivity index (χ4n) is 4.33. The number of hydrogen-bond acceptors (Lipinski definition) is 3. The molecule has 1 saturated heterocycles. The van der Waals surface area contributed by atoms with Crippen LogP contribution in [0.15, 0.2) is 0 Å². The lowest BCUT2D eigenvalue weighted by Gasteiger charge is -2.38. The van der Waals surface area contributed by atoms with E-state index < -0.39 is 0 Å². The standard InChI is InChI=1S/C18H31Cl3N2O/c19-14-3-1-13(2-4-14)11-24-18(10-23-8-7-22-12-23)16-6-5-15(20)9-17(16)21/h13-18,22H,1-12H2/t13?,14?,15?,16?,17?,18-/m1/s1. The molecule has 1 aliphatic heterocycles. The van der Waals surface area contributed by atoms with Crippen LogP contribution in [0.4, 0.5) is 0 Å². The Balaban J connectivity index is 1.54. The first kappa shape index (κ1) is 19.5. The molecule has 4 atom stereocenters. The number of nitrogens with one attached hydrogen (secondary N) is 1. The van der Waals surface area contributed by atoms with Gasteiger partial charge in [0.2, 0.25) is 0 Å². The van der Waals surface area contributed by atoms with Crippen LogP contribution < -0.4 is 5.32 Å². The maximum atomic E-state index is 6.68. The van der Waals surface area contributed by atoms with Crippen LogP contribution in [-0.4, -0.2) is 60.0 Å². The molecular weight excluding hydrogens is 367 g/mol. The molecule has 0 radical (unpaired) electrons. The SMILES string of the molecule is ClC1CCC(CO[C@H](CN2CCNC2)C2CCC(Cl)CC2Cl)CC1. The summed E-state index contributed by atoms with van der Waals surface area (Å²) in [6.07, 6.45) is 7.94. The molecule has 0 aromatic heterocycles. The van der Waals surface area contributed by atoms with Crippen molar-refractivity contribution in [3.63, 3.8) is 0 Å². The maximum Gasteiger partial charge on any atom is 0.0744 e.